The zero-order valence-corrected chi connectivity index (χ0v) is 10.8. The van der Waals surface area contributed by atoms with Crippen LogP contribution >= 0.6 is 0 Å². The zero-order chi connectivity index (χ0) is 14.0. The van der Waals surface area contributed by atoms with Crippen molar-refractivity contribution in [1.82, 2.24) is 9.55 Å². The van der Waals surface area contributed by atoms with Gasteiger partial charge in [0.2, 0.25) is 0 Å². The van der Waals surface area contributed by atoms with E-state index in [0.29, 0.717) is 0 Å². The molecule has 7 heteroatoms. The van der Waals surface area contributed by atoms with Gasteiger partial charge in [-0.2, -0.15) is 4.98 Å². The third-order valence-electron chi connectivity index (χ3n) is 3.27. The summed E-state index contributed by atoms with van der Waals surface area (Å²) in [5, 5.41) is 18.7. The van der Waals surface area contributed by atoms with Crippen LogP contribution in [-0.2, 0) is 11.2 Å². The Morgan fingerprint density at radius 3 is 2.95 bits per heavy atom. The molecule has 1 aromatic heterocycles. The number of aryl methyl sites for hydroxylation is 1. The third-order valence-corrected chi connectivity index (χ3v) is 3.27. The minimum absolute atomic E-state index is 0.236. The largest absolute Gasteiger partial charge is 0.394 e. The lowest BCUT2D eigenvalue weighted by Gasteiger charge is -2.16. The summed E-state index contributed by atoms with van der Waals surface area (Å²) in [4.78, 5) is 15.6. The molecule has 19 heavy (non-hydrogen) atoms. The van der Waals surface area contributed by atoms with Crippen molar-refractivity contribution in [3.05, 3.63) is 22.2 Å². The molecule has 1 saturated heterocycles. The average molecular weight is 269 g/mol. The van der Waals surface area contributed by atoms with Crippen LogP contribution in [0.15, 0.2) is 11.0 Å². The van der Waals surface area contributed by atoms with E-state index < -0.39 is 24.1 Å². The van der Waals surface area contributed by atoms with Crippen LogP contribution < -0.4 is 11.4 Å². The number of ether oxygens (including phenoxy) is 1. The van der Waals surface area contributed by atoms with Crippen LogP contribution in [0.5, 0.6) is 0 Å². The van der Waals surface area contributed by atoms with Crippen LogP contribution in [0.4, 0.5) is 5.82 Å². The highest BCUT2D eigenvalue weighted by Crippen LogP contribution is 2.27. The number of aliphatic hydroxyl groups excluding tert-OH is 2. The lowest BCUT2D eigenvalue weighted by atomic mass is 10.1. The fraction of sp³-hybridized carbons (Fsp3) is 0.667. The molecule has 7 nitrogen and oxygen atoms in total. The van der Waals surface area contributed by atoms with Gasteiger partial charge >= 0.3 is 5.69 Å². The number of aromatic nitrogens is 2. The Kier molecular flexibility index (Phi) is 4.18. The highest BCUT2D eigenvalue weighted by molar-refractivity contribution is 5.36. The van der Waals surface area contributed by atoms with Crippen LogP contribution in [-0.4, -0.2) is 38.6 Å². The Morgan fingerprint density at radius 2 is 2.37 bits per heavy atom. The van der Waals surface area contributed by atoms with Crippen LogP contribution in [0, 0.1) is 0 Å². The van der Waals surface area contributed by atoms with Gasteiger partial charge in [-0.3, -0.25) is 4.57 Å². The standard InChI is InChI=1S/C12H19N3O4/c1-2-3-7-5-15(12(18)14-11(7)13)10-4-8(17)9(6-16)19-10/h5,8-10,16-17H,2-4,6H2,1H3,(H2,13,14,18)/t8-,9+,10+/m0/s1. The van der Waals surface area contributed by atoms with Crippen LogP contribution in [0.1, 0.15) is 31.6 Å². The van der Waals surface area contributed by atoms with Gasteiger partial charge in [-0.25, -0.2) is 4.79 Å². The molecule has 0 unspecified atom stereocenters. The van der Waals surface area contributed by atoms with Crippen molar-refractivity contribution in [3.8, 4) is 0 Å². The van der Waals surface area contributed by atoms with Gasteiger partial charge in [0.25, 0.3) is 0 Å². The summed E-state index contributed by atoms with van der Waals surface area (Å²) in [6.07, 6.45) is 1.43. The number of nitrogens with two attached hydrogens (primary N) is 1. The maximum atomic E-state index is 11.8. The molecule has 1 aliphatic heterocycles. The van der Waals surface area contributed by atoms with Gasteiger partial charge in [0.15, 0.2) is 0 Å². The molecule has 1 aromatic rings. The van der Waals surface area contributed by atoms with E-state index in [-0.39, 0.29) is 18.8 Å². The van der Waals surface area contributed by atoms with Gasteiger partial charge in [0.1, 0.15) is 18.1 Å². The normalized spacial score (nSPS) is 26.8. The molecule has 3 atom stereocenters. The molecule has 2 heterocycles. The SMILES string of the molecule is CCCc1cn([C@H]2C[C@H](O)[C@@H](CO)O2)c(=O)nc1N. The van der Waals surface area contributed by atoms with E-state index >= 15 is 0 Å². The number of nitrogen functional groups attached to an aromatic ring is 1. The van der Waals surface area contributed by atoms with E-state index in [0.717, 1.165) is 18.4 Å². The molecule has 0 aromatic carbocycles. The molecule has 0 bridgehead atoms. The molecule has 4 N–H and O–H groups in total. The van der Waals surface area contributed by atoms with Crippen molar-refractivity contribution >= 4 is 5.82 Å². The van der Waals surface area contributed by atoms with E-state index in [1.165, 1.54) is 4.57 Å². The number of nitrogens with zero attached hydrogens (tertiary/aromatic N) is 2. The molecular weight excluding hydrogens is 250 g/mol. The minimum Gasteiger partial charge on any atom is -0.394 e. The second-order valence-electron chi connectivity index (χ2n) is 4.71. The van der Waals surface area contributed by atoms with Crippen LogP contribution in [0.3, 0.4) is 0 Å². The predicted molar refractivity (Wildman–Crippen MR) is 68.5 cm³/mol. The second-order valence-corrected chi connectivity index (χ2v) is 4.71. The average Bonchev–Trinajstić information content (AvgIpc) is 2.74. The number of hydrogen-bond acceptors (Lipinski definition) is 6. The van der Waals surface area contributed by atoms with Crippen molar-refractivity contribution in [2.24, 2.45) is 0 Å². The van der Waals surface area contributed by atoms with Gasteiger partial charge in [0, 0.05) is 18.2 Å². The monoisotopic (exact) mass is 269 g/mol. The second kappa shape index (κ2) is 5.68. The molecule has 0 aliphatic carbocycles. The first-order valence-electron chi connectivity index (χ1n) is 6.38. The summed E-state index contributed by atoms with van der Waals surface area (Å²) in [5.74, 6) is 0.236. The lowest BCUT2D eigenvalue weighted by molar-refractivity contribution is -0.0459. The Labute approximate surface area is 110 Å². The number of anilines is 1. The van der Waals surface area contributed by atoms with Gasteiger partial charge in [-0.15, -0.1) is 0 Å². The van der Waals surface area contributed by atoms with Crippen molar-refractivity contribution in [2.75, 3.05) is 12.3 Å². The number of aliphatic hydroxyl groups is 2. The topological polar surface area (TPSA) is 111 Å². The fourth-order valence-electron chi connectivity index (χ4n) is 2.24. The van der Waals surface area contributed by atoms with Crippen LogP contribution in [0.25, 0.3) is 0 Å². The van der Waals surface area contributed by atoms with Crippen LogP contribution in [0.2, 0.25) is 0 Å². The molecule has 1 fully saturated rings. The fourth-order valence-corrected chi connectivity index (χ4v) is 2.24. The minimum atomic E-state index is -0.783. The molecular formula is C12H19N3O4. The zero-order valence-electron chi connectivity index (χ0n) is 10.8. The van der Waals surface area contributed by atoms with Gasteiger partial charge < -0.3 is 20.7 Å². The summed E-state index contributed by atoms with van der Waals surface area (Å²) in [6, 6.07) is 0. The Morgan fingerprint density at radius 1 is 1.63 bits per heavy atom. The van der Waals surface area contributed by atoms with Gasteiger partial charge in [-0.1, -0.05) is 13.3 Å². The number of rotatable bonds is 4. The Bertz CT molecular complexity index is 502. The van der Waals surface area contributed by atoms with Crippen molar-refractivity contribution in [3.63, 3.8) is 0 Å². The molecule has 0 radical (unpaired) electrons. The molecule has 2 rings (SSSR count). The Balaban J connectivity index is 2.30. The summed E-state index contributed by atoms with van der Waals surface area (Å²) in [5.41, 5.74) is 5.98. The molecule has 0 saturated carbocycles. The summed E-state index contributed by atoms with van der Waals surface area (Å²) < 4.78 is 6.78. The van der Waals surface area contributed by atoms with Crippen molar-refractivity contribution in [1.29, 1.82) is 0 Å². The van der Waals surface area contributed by atoms with E-state index in [2.05, 4.69) is 4.98 Å². The van der Waals surface area contributed by atoms with Crippen molar-refractivity contribution in [2.45, 2.75) is 44.6 Å². The predicted octanol–water partition coefficient (Wildman–Crippen LogP) is -0.581. The maximum absolute atomic E-state index is 11.8. The number of hydrogen-bond donors (Lipinski definition) is 3. The molecule has 106 valence electrons. The lowest BCUT2D eigenvalue weighted by Crippen LogP contribution is -2.29. The first-order chi connectivity index (χ1) is 9.06. The molecule has 0 amide bonds. The summed E-state index contributed by atoms with van der Waals surface area (Å²) >= 11 is 0. The first-order valence-corrected chi connectivity index (χ1v) is 6.38. The highest BCUT2D eigenvalue weighted by Gasteiger charge is 2.35. The van der Waals surface area contributed by atoms with E-state index in [1.807, 2.05) is 6.92 Å². The smallest absolute Gasteiger partial charge is 0.351 e. The van der Waals surface area contributed by atoms with E-state index in [9.17, 15) is 9.90 Å². The maximum Gasteiger partial charge on any atom is 0.351 e. The molecule has 0 spiro atoms. The Hall–Kier alpha value is -1.44. The third kappa shape index (κ3) is 2.78. The summed E-state index contributed by atoms with van der Waals surface area (Å²) in [6.45, 7) is 1.73. The van der Waals surface area contributed by atoms with E-state index in [4.69, 9.17) is 15.6 Å². The summed E-state index contributed by atoms with van der Waals surface area (Å²) in [7, 11) is 0. The van der Waals surface area contributed by atoms with Crippen molar-refractivity contribution < 1.29 is 14.9 Å². The molecule has 1 aliphatic rings. The quantitative estimate of drug-likeness (QED) is 0.674. The first kappa shape index (κ1) is 14.0. The van der Waals surface area contributed by atoms with Gasteiger partial charge in [0.05, 0.1) is 12.7 Å². The van der Waals surface area contributed by atoms with E-state index in [1.54, 1.807) is 6.20 Å². The van der Waals surface area contributed by atoms with Gasteiger partial charge in [-0.05, 0) is 6.42 Å². The highest BCUT2D eigenvalue weighted by atomic mass is 16.5.